The Bertz CT molecular complexity index is 1480. The molecule has 216 valence electrons. The van der Waals surface area contributed by atoms with Crippen molar-refractivity contribution in [1.29, 1.82) is 0 Å². The van der Waals surface area contributed by atoms with Crippen molar-refractivity contribution < 1.29 is 33.4 Å². The molecule has 13 heteroatoms. The Labute approximate surface area is 236 Å². The number of carbonyl (C=O) groups excluding carboxylic acids is 5. The predicted octanol–water partition coefficient (Wildman–Crippen LogP) is 3.45. The summed E-state index contributed by atoms with van der Waals surface area (Å²) in [5.41, 5.74) is 3.31. The summed E-state index contributed by atoms with van der Waals surface area (Å²) >= 11 is 0. The third kappa shape index (κ3) is 6.86. The first-order chi connectivity index (χ1) is 19.7. The average molecular weight is 565 g/mol. The number of ether oxygens (including phenoxy) is 2. The van der Waals surface area contributed by atoms with Crippen molar-refractivity contribution in [3.8, 4) is 0 Å². The van der Waals surface area contributed by atoms with Gasteiger partial charge in [-0.1, -0.05) is 13.0 Å². The molecule has 2 N–H and O–H groups in total. The predicted molar refractivity (Wildman–Crippen MR) is 147 cm³/mol. The van der Waals surface area contributed by atoms with Crippen molar-refractivity contribution in [1.82, 2.24) is 24.8 Å². The summed E-state index contributed by atoms with van der Waals surface area (Å²) in [6.07, 6.45) is 4.44. The van der Waals surface area contributed by atoms with Crippen LogP contribution in [0.2, 0.25) is 0 Å². The number of hydrogen-bond acceptors (Lipinski definition) is 10. The maximum Gasteiger partial charge on any atom is 0.419 e. The molecule has 1 saturated carbocycles. The van der Waals surface area contributed by atoms with E-state index in [9.17, 15) is 24.0 Å². The van der Waals surface area contributed by atoms with Crippen LogP contribution < -0.4 is 10.6 Å². The summed E-state index contributed by atoms with van der Waals surface area (Å²) < 4.78 is 11.3. The summed E-state index contributed by atoms with van der Waals surface area (Å²) in [7, 11) is 0. The SMILES string of the molecule is CCCNC(=O)c1ccc(C)c(Nc2ncnn3cc(C(=O)N(C(=O)OCOC(=O)CCC=O)C4CC4)c(C)c23)c1. The molecule has 0 radical (unpaired) electrons. The first-order valence-electron chi connectivity index (χ1n) is 13.3. The Hall–Kier alpha value is -4.81. The zero-order valence-electron chi connectivity index (χ0n) is 23.1. The number of aromatic nitrogens is 3. The maximum absolute atomic E-state index is 13.6. The van der Waals surface area contributed by atoms with Crippen LogP contribution in [-0.4, -0.2) is 69.0 Å². The average Bonchev–Trinajstić information content (AvgIpc) is 3.73. The molecule has 0 unspecified atom stereocenters. The number of aryl methyl sites for hydroxylation is 2. The van der Waals surface area contributed by atoms with Crippen LogP contribution in [0.25, 0.3) is 5.52 Å². The Morgan fingerprint density at radius 1 is 1.17 bits per heavy atom. The lowest BCUT2D eigenvalue weighted by Gasteiger charge is -2.19. The molecule has 2 heterocycles. The molecule has 0 bridgehead atoms. The third-order valence-corrected chi connectivity index (χ3v) is 6.54. The molecule has 13 nitrogen and oxygen atoms in total. The molecule has 1 aliphatic rings. The van der Waals surface area contributed by atoms with Crippen LogP contribution in [-0.2, 0) is 19.1 Å². The van der Waals surface area contributed by atoms with Crippen LogP contribution in [0.15, 0.2) is 30.7 Å². The number of rotatable bonds is 12. The second kappa shape index (κ2) is 13.0. The normalized spacial score (nSPS) is 12.5. The van der Waals surface area contributed by atoms with Crippen molar-refractivity contribution >= 4 is 47.2 Å². The summed E-state index contributed by atoms with van der Waals surface area (Å²) in [5.74, 6) is -1.04. The van der Waals surface area contributed by atoms with E-state index in [0.29, 0.717) is 53.8 Å². The van der Waals surface area contributed by atoms with Gasteiger partial charge < -0.3 is 24.9 Å². The number of imide groups is 1. The minimum absolute atomic E-state index is 0.0000108. The van der Waals surface area contributed by atoms with Gasteiger partial charge in [0.25, 0.3) is 11.8 Å². The number of nitrogens with one attached hydrogen (secondary N) is 2. The number of fused-ring (bicyclic) bond motifs is 1. The molecule has 0 atom stereocenters. The van der Waals surface area contributed by atoms with E-state index in [1.54, 1.807) is 19.1 Å². The maximum atomic E-state index is 13.6. The number of aldehydes is 1. The highest BCUT2D eigenvalue weighted by Gasteiger charge is 2.40. The van der Waals surface area contributed by atoms with Crippen molar-refractivity contribution in [2.24, 2.45) is 0 Å². The molecule has 0 aliphatic heterocycles. The van der Waals surface area contributed by atoms with Crippen LogP contribution in [0.5, 0.6) is 0 Å². The molecule has 1 fully saturated rings. The van der Waals surface area contributed by atoms with Gasteiger partial charge in [-0.2, -0.15) is 5.10 Å². The Balaban J connectivity index is 1.56. The molecule has 1 aliphatic carbocycles. The number of hydrogen-bond donors (Lipinski definition) is 2. The van der Waals surface area contributed by atoms with E-state index in [0.717, 1.165) is 16.9 Å². The number of anilines is 2. The fourth-order valence-electron chi connectivity index (χ4n) is 4.16. The number of esters is 1. The van der Waals surface area contributed by atoms with Gasteiger partial charge in [-0.05, 0) is 56.4 Å². The molecule has 0 spiro atoms. The molecular formula is C28H32N6O7. The smallest absolute Gasteiger partial charge is 0.419 e. The van der Waals surface area contributed by atoms with Gasteiger partial charge in [-0.15, -0.1) is 0 Å². The summed E-state index contributed by atoms with van der Waals surface area (Å²) in [6, 6.07) is 4.98. The van der Waals surface area contributed by atoms with Gasteiger partial charge in [-0.3, -0.25) is 14.4 Å². The monoisotopic (exact) mass is 564 g/mol. The fourth-order valence-corrected chi connectivity index (χ4v) is 4.16. The van der Waals surface area contributed by atoms with Crippen LogP contribution in [0.1, 0.15) is 70.9 Å². The topological polar surface area (TPSA) is 161 Å². The number of carbonyl (C=O) groups is 5. The van der Waals surface area contributed by atoms with E-state index in [2.05, 4.69) is 20.7 Å². The van der Waals surface area contributed by atoms with Crippen LogP contribution in [0.4, 0.5) is 16.3 Å². The number of benzene rings is 1. The van der Waals surface area contributed by atoms with E-state index in [1.165, 1.54) is 17.0 Å². The molecule has 1 aromatic carbocycles. The molecule has 41 heavy (non-hydrogen) atoms. The lowest BCUT2D eigenvalue weighted by molar-refractivity contribution is -0.152. The van der Waals surface area contributed by atoms with Crippen molar-refractivity contribution in [3.05, 3.63) is 53.0 Å². The second-order valence-electron chi connectivity index (χ2n) is 9.64. The number of nitrogens with zero attached hydrogens (tertiary/aromatic N) is 4. The van der Waals surface area contributed by atoms with Crippen LogP contribution in [0.3, 0.4) is 0 Å². The molecule has 2 aromatic heterocycles. The van der Waals surface area contributed by atoms with Crippen molar-refractivity contribution in [2.45, 2.75) is 58.9 Å². The first-order valence-corrected chi connectivity index (χ1v) is 13.3. The Kier molecular flexibility index (Phi) is 9.27. The van der Waals surface area contributed by atoms with Gasteiger partial charge in [0.2, 0.25) is 6.79 Å². The van der Waals surface area contributed by atoms with E-state index in [4.69, 9.17) is 9.47 Å². The van der Waals surface area contributed by atoms with Gasteiger partial charge in [-0.25, -0.2) is 19.2 Å². The lowest BCUT2D eigenvalue weighted by atomic mass is 10.1. The summed E-state index contributed by atoms with van der Waals surface area (Å²) in [6.45, 7) is 5.50. The molecule has 0 saturated heterocycles. The van der Waals surface area contributed by atoms with E-state index in [1.807, 2.05) is 19.9 Å². The van der Waals surface area contributed by atoms with Gasteiger partial charge in [0.05, 0.1) is 12.0 Å². The molecular weight excluding hydrogens is 532 g/mol. The highest BCUT2D eigenvalue weighted by Crippen LogP contribution is 2.32. The van der Waals surface area contributed by atoms with Crippen LogP contribution >= 0.6 is 0 Å². The fraction of sp³-hybridized carbons (Fsp3) is 0.393. The van der Waals surface area contributed by atoms with E-state index >= 15 is 0 Å². The van der Waals surface area contributed by atoms with Gasteiger partial charge >= 0.3 is 12.1 Å². The molecule has 3 aromatic rings. The van der Waals surface area contributed by atoms with Crippen molar-refractivity contribution in [2.75, 3.05) is 18.7 Å². The molecule has 4 rings (SSSR count). The van der Waals surface area contributed by atoms with Gasteiger partial charge in [0.15, 0.2) is 5.82 Å². The van der Waals surface area contributed by atoms with Crippen molar-refractivity contribution in [3.63, 3.8) is 0 Å². The minimum atomic E-state index is -0.937. The zero-order chi connectivity index (χ0) is 29.5. The minimum Gasteiger partial charge on any atom is -0.428 e. The quantitative estimate of drug-likeness (QED) is 0.189. The summed E-state index contributed by atoms with van der Waals surface area (Å²) in [4.78, 5) is 66.3. The van der Waals surface area contributed by atoms with E-state index in [-0.39, 0.29) is 30.4 Å². The van der Waals surface area contributed by atoms with Gasteiger partial charge in [0, 0.05) is 36.5 Å². The lowest BCUT2D eigenvalue weighted by Crippen LogP contribution is -2.39. The molecule has 3 amide bonds. The van der Waals surface area contributed by atoms with Gasteiger partial charge in [0.1, 0.15) is 18.1 Å². The second-order valence-corrected chi connectivity index (χ2v) is 9.64. The zero-order valence-corrected chi connectivity index (χ0v) is 23.1. The van der Waals surface area contributed by atoms with E-state index < -0.39 is 24.8 Å². The third-order valence-electron chi connectivity index (χ3n) is 6.54. The summed E-state index contributed by atoms with van der Waals surface area (Å²) in [5, 5.41) is 10.4. The Morgan fingerprint density at radius 2 is 1.95 bits per heavy atom. The Morgan fingerprint density at radius 3 is 2.66 bits per heavy atom. The standard InChI is InChI=1S/C28H32N6O7/c1-4-11-29-26(37)19-8-7-17(2)22(13-19)32-25-24-18(3)21(14-33(24)31-15-30-25)27(38)34(20-9-10-20)28(39)41-16-40-23(36)6-5-12-35/h7-8,12-15,20H,4-6,9-11,16H2,1-3H3,(H,29,37)(H,30,31,32). The first kappa shape index (κ1) is 29.2. The highest BCUT2D eigenvalue weighted by molar-refractivity contribution is 6.06. The van der Waals surface area contributed by atoms with Crippen LogP contribution in [0, 0.1) is 13.8 Å². The largest absolute Gasteiger partial charge is 0.428 e. The number of amides is 3. The highest BCUT2D eigenvalue weighted by atomic mass is 16.7.